The van der Waals surface area contributed by atoms with Gasteiger partial charge in [-0.15, -0.1) is 24.0 Å². The van der Waals surface area contributed by atoms with E-state index in [0.717, 1.165) is 0 Å². The second-order valence-electron chi connectivity index (χ2n) is 3.56. The number of rotatable bonds is 14. The second kappa shape index (κ2) is 27.2. The Morgan fingerprint density at radius 1 is 0.708 bits per heavy atom. The van der Waals surface area contributed by atoms with Gasteiger partial charge in [0.2, 0.25) is 13.1 Å². The van der Waals surface area contributed by atoms with Crippen LogP contribution in [0, 0.1) is 20.2 Å². The lowest BCUT2D eigenvalue weighted by Gasteiger charge is -2.01. The fourth-order valence-corrected chi connectivity index (χ4v) is 0.798. The van der Waals surface area contributed by atoms with Crippen LogP contribution in [0.15, 0.2) is 0 Å². The van der Waals surface area contributed by atoms with E-state index < -0.39 is 9.85 Å². The Bertz CT molecular complexity index is 252. The summed E-state index contributed by atoms with van der Waals surface area (Å²) in [5, 5.41) is 19.5. The Morgan fingerprint density at radius 3 is 1.25 bits per heavy atom. The van der Waals surface area contributed by atoms with Crippen molar-refractivity contribution in [3.63, 3.8) is 0 Å². The van der Waals surface area contributed by atoms with Crippen LogP contribution in [0.1, 0.15) is 7.43 Å². The summed E-state index contributed by atoms with van der Waals surface area (Å²) in [4.78, 5) is 18.5. The molecule has 0 amide bonds. The number of ether oxygens (including phenoxy) is 4. The highest BCUT2D eigenvalue weighted by atomic mass is 127. The van der Waals surface area contributed by atoms with Gasteiger partial charge < -0.3 is 30.4 Å². The van der Waals surface area contributed by atoms with Crippen molar-refractivity contribution in [2.24, 2.45) is 11.5 Å². The van der Waals surface area contributed by atoms with E-state index in [4.69, 9.17) is 20.9 Å². The molecular formula is C11H29IN4O8. The highest BCUT2D eigenvalue weighted by molar-refractivity contribution is 14.0. The van der Waals surface area contributed by atoms with Gasteiger partial charge in [-0.25, -0.2) is 0 Å². The molecule has 0 aliphatic heterocycles. The van der Waals surface area contributed by atoms with Gasteiger partial charge in [-0.2, -0.15) is 0 Å². The Hall–Kier alpha value is -0.710. The Labute approximate surface area is 158 Å². The minimum atomic E-state index is -0.517. The smallest absolute Gasteiger partial charge is 0.227 e. The molecule has 148 valence electrons. The number of hydrogen-bond donors (Lipinski definition) is 2. The highest BCUT2D eigenvalue weighted by Crippen LogP contribution is 1.80. The fraction of sp³-hybridized carbons (Fsp3) is 1.00. The molecule has 24 heavy (non-hydrogen) atoms. The van der Waals surface area contributed by atoms with Gasteiger partial charge in [0.05, 0.1) is 13.2 Å². The zero-order valence-corrected chi connectivity index (χ0v) is 15.1. The first-order valence-electron chi connectivity index (χ1n) is 6.49. The predicted molar refractivity (Wildman–Crippen MR) is 97.5 cm³/mol. The van der Waals surface area contributed by atoms with Gasteiger partial charge in [0, 0.05) is 22.9 Å². The van der Waals surface area contributed by atoms with Gasteiger partial charge in [0.1, 0.15) is 26.8 Å². The van der Waals surface area contributed by atoms with Gasteiger partial charge in [-0.3, -0.25) is 20.2 Å². The van der Waals surface area contributed by atoms with Crippen molar-refractivity contribution < 1.29 is 28.8 Å². The van der Waals surface area contributed by atoms with Crippen LogP contribution in [-0.2, 0) is 18.9 Å². The standard InChI is InChI=1S/C5H10N2O6.C5H14N2O2.CH4.HI/c8-6(9)1-3-12-5-13-4-2-7(10)11;6-1-3-8-5-9-4-2-7;;/h1-5H2;1-7H2;1H4;1H. The van der Waals surface area contributed by atoms with E-state index in [1.54, 1.807) is 0 Å². The summed E-state index contributed by atoms with van der Waals surface area (Å²) in [5.41, 5.74) is 10.3. The van der Waals surface area contributed by atoms with Gasteiger partial charge in [-0.1, -0.05) is 7.43 Å². The molecule has 0 radical (unpaired) electrons. The lowest BCUT2D eigenvalue weighted by Crippen LogP contribution is -2.14. The molecule has 0 heterocycles. The van der Waals surface area contributed by atoms with Crippen molar-refractivity contribution >= 4 is 24.0 Å². The number of halogens is 1. The van der Waals surface area contributed by atoms with E-state index in [-0.39, 0.29) is 64.5 Å². The summed E-state index contributed by atoms with van der Waals surface area (Å²) in [7, 11) is 0. The number of nitro groups is 2. The van der Waals surface area contributed by atoms with Gasteiger partial charge in [0.25, 0.3) is 0 Å². The molecule has 13 heteroatoms. The van der Waals surface area contributed by atoms with Crippen LogP contribution in [0.5, 0.6) is 0 Å². The van der Waals surface area contributed by atoms with Crippen molar-refractivity contribution in [1.29, 1.82) is 0 Å². The van der Waals surface area contributed by atoms with Gasteiger partial charge >= 0.3 is 0 Å². The third kappa shape index (κ3) is 37.5. The van der Waals surface area contributed by atoms with Crippen molar-refractivity contribution in [2.45, 2.75) is 7.43 Å². The first kappa shape index (κ1) is 31.1. The molecule has 0 aromatic carbocycles. The minimum Gasteiger partial charge on any atom is -0.354 e. The molecule has 0 rings (SSSR count). The topological polar surface area (TPSA) is 175 Å². The maximum atomic E-state index is 9.77. The molecule has 0 aliphatic rings. The Balaban J connectivity index is -0.000000162. The first-order valence-corrected chi connectivity index (χ1v) is 6.49. The average molecular weight is 472 g/mol. The van der Waals surface area contributed by atoms with E-state index >= 15 is 0 Å². The quantitative estimate of drug-likeness (QED) is 0.112. The number of nitrogens with two attached hydrogens (primary N) is 2. The van der Waals surface area contributed by atoms with E-state index in [1.807, 2.05) is 0 Å². The van der Waals surface area contributed by atoms with E-state index in [9.17, 15) is 20.2 Å². The van der Waals surface area contributed by atoms with Crippen molar-refractivity contribution in [3.8, 4) is 0 Å². The lowest BCUT2D eigenvalue weighted by atomic mass is 10.7. The maximum Gasteiger partial charge on any atom is 0.227 e. The average Bonchev–Trinajstić information content (AvgIpc) is 2.46. The molecule has 0 bridgehead atoms. The Morgan fingerprint density at radius 2 is 1.00 bits per heavy atom. The minimum absolute atomic E-state index is 0. The molecule has 0 aromatic rings. The van der Waals surface area contributed by atoms with Crippen molar-refractivity contribution in [1.82, 2.24) is 0 Å². The predicted octanol–water partition coefficient (Wildman–Crippen LogP) is -0.321. The van der Waals surface area contributed by atoms with Crippen LogP contribution < -0.4 is 11.5 Å². The van der Waals surface area contributed by atoms with Crippen LogP contribution in [0.2, 0.25) is 0 Å². The molecule has 0 spiro atoms. The fourth-order valence-electron chi connectivity index (χ4n) is 0.798. The SMILES string of the molecule is C.I.NCCOCOCCN.O=[N+]([O-])CCOCOCC[N+](=O)[O-]. The molecule has 0 saturated carbocycles. The molecule has 0 unspecified atom stereocenters. The van der Waals surface area contributed by atoms with Crippen LogP contribution in [-0.4, -0.2) is 76.0 Å². The normalized spacial score (nSPS) is 9.08. The summed E-state index contributed by atoms with van der Waals surface area (Å²) in [6, 6.07) is 0. The molecule has 12 nitrogen and oxygen atoms in total. The largest absolute Gasteiger partial charge is 0.354 e. The molecule has 0 fully saturated rings. The van der Waals surface area contributed by atoms with E-state index in [1.165, 1.54) is 0 Å². The lowest BCUT2D eigenvalue weighted by molar-refractivity contribution is -0.487. The third-order valence-electron chi connectivity index (χ3n) is 1.69. The van der Waals surface area contributed by atoms with E-state index in [0.29, 0.717) is 33.1 Å². The number of nitrogens with zero attached hydrogens (tertiary/aromatic N) is 2. The van der Waals surface area contributed by atoms with Crippen LogP contribution in [0.4, 0.5) is 0 Å². The van der Waals surface area contributed by atoms with Crippen LogP contribution >= 0.6 is 24.0 Å². The van der Waals surface area contributed by atoms with Gasteiger partial charge in [-0.05, 0) is 0 Å². The second-order valence-corrected chi connectivity index (χ2v) is 3.56. The zero-order valence-electron chi connectivity index (χ0n) is 12.8. The maximum absolute atomic E-state index is 9.77. The number of hydrogen-bond acceptors (Lipinski definition) is 10. The molecule has 4 N–H and O–H groups in total. The molecule has 0 aliphatic carbocycles. The summed E-state index contributed by atoms with van der Waals surface area (Å²) < 4.78 is 19.0. The summed E-state index contributed by atoms with van der Waals surface area (Å²) in [6.45, 7) is 1.62. The summed E-state index contributed by atoms with van der Waals surface area (Å²) in [5.74, 6) is 0. The third-order valence-corrected chi connectivity index (χ3v) is 1.69. The van der Waals surface area contributed by atoms with Gasteiger partial charge in [0.15, 0.2) is 0 Å². The molecule has 0 saturated heterocycles. The van der Waals surface area contributed by atoms with Crippen molar-refractivity contribution in [2.75, 3.05) is 66.2 Å². The van der Waals surface area contributed by atoms with Crippen molar-refractivity contribution in [3.05, 3.63) is 20.2 Å². The van der Waals surface area contributed by atoms with Crippen LogP contribution in [0.25, 0.3) is 0 Å². The van der Waals surface area contributed by atoms with E-state index in [2.05, 4.69) is 9.47 Å². The zero-order chi connectivity index (χ0) is 17.1. The Kier molecular flexibility index (Phi) is 35.2. The molecular weight excluding hydrogens is 443 g/mol. The molecule has 0 aromatic heterocycles. The van der Waals surface area contributed by atoms with Crippen LogP contribution in [0.3, 0.4) is 0 Å². The molecule has 0 atom stereocenters. The highest BCUT2D eigenvalue weighted by Gasteiger charge is 1.98. The monoisotopic (exact) mass is 472 g/mol. The summed E-state index contributed by atoms with van der Waals surface area (Å²) in [6.07, 6.45) is 0. The first-order chi connectivity index (χ1) is 10.5. The summed E-state index contributed by atoms with van der Waals surface area (Å²) >= 11 is 0.